The van der Waals surface area contributed by atoms with Crippen molar-refractivity contribution in [3.05, 3.63) is 24.3 Å². The van der Waals surface area contributed by atoms with Crippen molar-refractivity contribution in [2.75, 3.05) is 13.1 Å². The van der Waals surface area contributed by atoms with E-state index in [9.17, 15) is 9.59 Å². The third kappa shape index (κ3) is 9.17. The summed E-state index contributed by atoms with van der Waals surface area (Å²) in [7, 11) is 0. The van der Waals surface area contributed by atoms with E-state index in [2.05, 4.69) is 29.1 Å². The summed E-state index contributed by atoms with van der Waals surface area (Å²) in [6.07, 6.45) is 11.9. The Kier molecular flexibility index (Phi) is 11.2. The third-order valence-electron chi connectivity index (χ3n) is 4.07. The average molecular weight is 348 g/mol. The van der Waals surface area contributed by atoms with Crippen LogP contribution in [0.1, 0.15) is 71.0 Å². The zero-order valence-electron chi connectivity index (χ0n) is 15.7. The quantitative estimate of drug-likeness (QED) is 0.465. The Hall–Kier alpha value is -1.98. The van der Waals surface area contributed by atoms with Gasteiger partial charge < -0.3 is 10.2 Å². The average Bonchev–Trinajstić information content (AvgIpc) is 2.65. The predicted octanol–water partition coefficient (Wildman–Crippen LogP) is 3.08. The highest BCUT2D eigenvalue weighted by Gasteiger charge is 2.21. The van der Waals surface area contributed by atoms with Crippen LogP contribution in [-0.2, 0) is 16.1 Å². The van der Waals surface area contributed by atoms with Crippen molar-refractivity contribution in [1.82, 2.24) is 20.2 Å². The number of unbranched alkanes of at least 4 members (excludes halogenated alkanes) is 6. The molecule has 0 fully saturated rings. The van der Waals surface area contributed by atoms with Gasteiger partial charge >= 0.3 is 11.8 Å². The van der Waals surface area contributed by atoms with Crippen LogP contribution in [0.3, 0.4) is 0 Å². The number of rotatable bonds is 12. The highest BCUT2D eigenvalue weighted by atomic mass is 16.2. The highest BCUT2D eigenvalue weighted by Crippen LogP contribution is 2.06. The van der Waals surface area contributed by atoms with E-state index in [0.29, 0.717) is 18.9 Å². The van der Waals surface area contributed by atoms with Gasteiger partial charge in [-0.25, -0.2) is 9.97 Å². The van der Waals surface area contributed by atoms with Crippen LogP contribution >= 0.6 is 0 Å². The molecule has 1 rings (SSSR count). The Morgan fingerprint density at radius 2 is 1.48 bits per heavy atom. The lowest BCUT2D eigenvalue weighted by Gasteiger charge is -2.22. The lowest BCUT2D eigenvalue weighted by molar-refractivity contribution is -0.146. The maximum atomic E-state index is 12.5. The predicted molar refractivity (Wildman–Crippen MR) is 98.7 cm³/mol. The summed E-state index contributed by atoms with van der Waals surface area (Å²) < 4.78 is 0. The molecule has 1 N–H and O–H groups in total. The number of amides is 2. The second kappa shape index (κ2) is 13.3. The summed E-state index contributed by atoms with van der Waals surface area (Å²) in [5, 5.41) is 2.63. The monoisotopic (exact) mass is 348 g/mol. The van der Waals surface area contributed by atoms with E-state index in [1.807, 2.05) is 0 Å². The number of aromatic nitrogens is 2. The van der Waals surface area contributed by atoms with E-state index < -0.39 is 11.8 Å². The Bertz CT molecular complexity index is 481. The van der Waals surface area contributed by atoms with Crippen LogP contribution in [0.15, 0.2) is 18.5 Å². The van der Waals surface area contributed by atoms with E-state index in [1.54, 1.807) is 23.4 Å². The van der Waals surface area contributed by atoms with Crippen LogP contribution in [0.4, 0.5) is 0 Å². The van der Waals surface area contributed by atoms with E-state index in [0.717, 1.165) is 51.4 Å². The van der Waals surface area contributed by atoms with Gasteiger partial charge in [-0.1, -0.05) is 52.4 Å². The molecule has 1 aromatic heterocycles. The smallest absolute Gasteiger partial charge is 0.311 e. The molecular formula is C19H32N4O2. The van der Waals surface area contributed by atoms with Crippen molar-refractivity contribution in [2.45, 2.75) is 71.8 Å². The van der Waals surface area contributed by atoms with Crippen molar-refractivity contribution in [1.29, 1.82) is 0 Å². The summed E-state index contributed by atoms with van der Waals surface area (Å²) in [5.41, 5.74) is 0. The summed E-state index contributed by atoms with van der Waals surface area (Å²) >= 11 is 0. The minimum atomic E-state index is -0.571. The van der Waals surface area contributed by atoms with Crippen molar-refractivity contribution >= 4 is 11.8 Å². The van der Waals surface area contributed by atoms with E-state index >= 15 is 0 Å². The Morgan fingerprint density at radius 3 is 2.00 bits per heavy atom. The molecule has 0 aliphatic heterocycles. The molecule has 1 heterocycles. The topological polar surface area (TPSA) is 75.2 Å². The van der Waals surface area contributed by atoms with E-state index in [-0.39, 0.29) is 6.54 Å². The van der Waals surface area contributed by atoms with Crippen molar-refractivity contribution < 1.29 is 9.59 Å². The number of carbonyl (C=O) groups excluding carboxylic acids is 2. The van der Waals surface area contributed by atoms with E-state index in [4.69, 9.17) is 0 Å². The van der Waals surface area contributed by atoms with Gasteiger partial charge in [0.2, 0.25) is 0 Å². The molecule has 0 aromatic carbocycles. The minimum absolute atomic E-state index is 0.172. The molecule has 0 aliphatic rings. The molecule has 0 aliphatic carbocycles. The lowest BCUT2D eigenvalue weighted by Crippen LogP contribution is -2.43. The van der Waals surface area contributed by atoms with Crippen molar-refractivity contribution in [3.63, 3.8) is 0 Å². The first-order chi connectivity index (χ1) is 12.2. The second-order valence-electron chi connectivity index (χ2n) is 6.26. The van der Waals surface area contributed by atoms with Gasteiger partial charge in [0.25, 0.3) is 0 Å². The van der Waals surface area contributed by atoms with Gasteiger partial charge in [0.1, 0.15) is 5.82 Å². The van der Waals surface area contributed by atoms with Gasteiger partial charge in [0, 0.05) is 25.5 Å². The van der Waals surface area contributed by atoms with Crippen LogP contribution in [0.2, 0.25) is 0 Å². The Labute approximate surface area is 151 Å². The summed E-state index contributed by atoms with van der Waals surface area (Å²) in [6.45, 7) is 5.80. The molecule has 6 nitrogen and oxygen atoms in total. The van der Waals surface area contributed by atoms with Gasteiger partial charge in [-0.2, -0.15) is 0 Å². The summed E-state index contributed by atoms with van der Waals surface area (Å²) in [5.74, 6) is -0.511. The van der Waals surface area contributed by atoms with Gasteiger partial charge in [0.15, 0.2) is 0 Å². The van der Waals surface area contributed by atoms with Gasteiger partial charge in [-0.05, 0) is 18.9 Å². The largest absolute Gasteiger partial charge is 0.341 e. The maximum Gasteiger partial charge on any atom is 0.311 e. The number of carbonyl (C=O) groups is 2. The molecule has 0 saturated carbocycles. The molecule has 0 spiro atoms. The Balaban J connectivity index is 2.48. The molecule has 0 radical (unpaired) electrons. The van der Waals surface area contributed by atoms with Crippen LogP contribution < -0.4 is 5.32 Å². The number of hydrogen-bond donors (Lipinski definition) is 1. The maximum absolute atomic E-state index is 12.5. The molecule has 0 atom stereocenters. The van der Waals surface area contributed by atoms with Crippen LogP contribution in [0.5, 0.6) is 0 Å². The molecular weight excluding hydrogens is 316 g/mol. The molecule has 25 heavy (non-hydrogen) atoms. The lowest BCUT2D eigenvalue weighted by atomic mass is 10.1. The number of nitrogens with zero attached hydrogens (tertiary/aromatic N) is 3. The van der Waals surface area contributed by atoms with Gasteiger partial charge in [0.05, 0.1) is 6.54 Å². The normalized spacial score (nSPS) is 10.5. The van der Waals surface area contributed by atoms with Crippen LogP contribution in [0.25, 0.3) is 0 Å². The molecule has 2 amide bonds. The molecule has 140 valence electrons. The highest BCUT2D eigenvalue weighted by molar-refractivity contribution is 6.34. The fourth-order valence-electron chi connectivity index (χ4n) is 2.57. The first kappa shape index (κ1) is 21.1. The van der Waals surface area contributed by atoms with Gasteiger partial charge in [-0.3, -0.25) is 9.59 Å². The minimum Gasteiger partial charge on any atom is -0.341 e. The van der Waals surface area contributed by atoms with Gasteiger partial charge in [-0.15, -0.1) is 0 Å². The Morgan fingerprint density at radius 1 is 0.920 bits per heavy atom. The molecule has 0 unspecified atom stereocenters. The van der Waals surface area contributed by atoms with E-state index in [1.165, 1.54) is 0 Å². The third-order valence-corrected chi connectivity index (χ3v) is 4.07. The van der Waals surface area contributed by atoms with Crippen LogP contribution in [-0.4, -0.2) is 39.8 Å². The number of hydrogen-bond acceptors (Lipinski definition) is 4. The fraction of sp³-hybridized carbons (Fsp3) is 0.684. The van der Waals surface area contributed by atoms with Crippen molar-refractivity contribution in [3.8, 4) is 0 Å². The number of nitrogens with one attached hydrogen (secondary N) is 1. The molecule has 0 bridgehead atoms. The molecule has 6 heteroatoms. The zero-order valence-corrected chi connectivity index (χ0v) is 15.7. The fourth-order valence-corrected chi connectivity index (χ4v) is 2.57. The first-order valence-electron chi connectivity index (χ1n) is 9.52. The standard InChI is InChI=1S/C19H32N4O2/c1-3-5-7-9-14-23(15-10-8-6-4-2)19(25)18(24)22-16-17-20-12-11-13-21-17/h11-13H,3-10,14-16H2,1-2H3,(H,22,24). The SMILES string of the molecule is CCCCCCN(CCCCCC)C(=O)C(=O)NCc1ncccn1. The second-order valence-corrected chi connectivity index (χ2v) is 6.26. The first-order valence-corrected chi connectivity index (χ1v) is 9.52. The molecule has 0 saturated heterocycles. The molecule has 1 aromatic rings. The van der Waals surface area contributed by atoms with Crippen molar-refractivity contribution in [2.24, 2.45) is 0 Å². The summed E-state index contributed by atoms with van der Waals surface area (Å²) in [4.78, 5) is 34.4. The zero-order chi connectivity index (χ0) is 18.3. The summed E-state index contributed by atoms with van der Waals surface area (Å²) in [6, 6.07) is 1.71. The van der Waals surface area contributed by atoms with Crippen LogP contribution in [0, 0.1) is 0 Å².